The number of carbonyl (C=O) groups excluding carboxylic acids is 2. The summed E-state index contributed by atoms with van der Waals surface area (Å²) in [4.78, 5) is 29.4. The van der Waals surface area contributed by atoms with E-state index in [1.54, 1.807) is 18.7 Å². The van der Waals surface area contributed by atoms with Crippen molar-refractivity contribution >= 4 is 21.8 Å². The van der Waals surface area contributed by atoms with E-state index in [2.05, 4.69) is 5.16 Å². The third kappa shape index (κ3) is 5.02. The summed E-state index contributed by atoms with van der Waals surface area (Å²) in [6.07, 6.45) is 1.69. The van der Waals surface area contributed by atoms with E-state index in [1.807, 2.05) is 36.1 Å². The van der Waals surface area contributed by atoms with Crippen molar-refractivity contribution in [3.05, 3.63) is 46.8 Å². The van der Waals surface area contributed by atoms with Gasteiger partial charge in [-0.1, -0.05) is 22.9 Å². The van der Waals surface area contributed by atoms with Crippen LogP contribution in [0.2, 0.25) is 0 Å². The first kappa shape index (κ1) is 24.4. The second kappa shape index (κ2) is 9.87. The number of sulfonamides is 1. The van der Waals surface area contributed by atoms with Crippen LogP contribution >= 0.6 is 0 Å². The van der Waals surface area contributed by atoms with Crippen molar-refractivity contribution in [3.8, 4) is 0 Å². The minimum atomic E-state index is -3.65. The van der Waals surface area contributed by atoms with Crippen molar-refractivity contribution in [3.63, 3.8) is 0 Å². The molecule has 2 aliphatic heterocycles. The molecule has 2 aromatic rings. The SMILES string of the molecule is Cc1ccc(C(=O)N2CCN(C(=O)CC3CCN(S(=O)(=O)c4c(C)noc4C)CC3)CC2)cc1. The van der Waals surface area contributed by atoms with Gasteiger partial charge in [0.05, 0.1) is 0 Å². The van der Waals surface area contributed by atoms with Gasteiger partial charge in [0.1, 0.15) is 10.6 Å². The number of piperidine rings is 1. The summed E-state index contributed by atoms with van der Waals surface area (Å²) in [7, 11) is -3.65. The molecule has 0 spiro atoms. The molecule has 2 fully saturated rings. The Kier molecular flexibility index (Phi) is 7.09. The number of piperazine rings is 1. The molecule has 0 saturated carbocycles. The van der Waals surface area contributed by atoms with Gasteiger partial charge < -0.3 is 14.3 Å². The molecule has 1 aromatic heterocycles. The van der Waals surface area contributed by atoms with E-state index in [1.165, 1.54) is 4.31 Å². The number of aryl methyl sites for hydroxylation is 3. The fourth-order valence-electron chi connectivity index (χ4n) is 4.74. The van der Waals surface area contributed by atoms with Crippen LogP contribution in [0.5, 0.6) is 0 Å². The molecule has 1 aromatic carbocycles. The summed E-state index contributed by atoms with van der Waals surface area (Å²) in [5.74, 6) is 0.527. The lowest BCUT2D eigenvalue weighted by atomic mass is 9.94. The number of hydrogen-bond donors (Lipinski definition) is 0. The molecule has 3 heterocycles. The van der Waals surface area contributed by atoms with Gasteiger partial charge in [-0.3, -0.25) is 9.59 Å². The minimum absolute atomic E-state index is 0.000948. The molecular formula is C24H32N4O5S. The van der Waals surface area contributed by atoms with Crippen LogP contribution < -0.4 is 0 Å². The van der Waals surface area contributed by atoms with E-state index < -0.39 is 10.0 Å². The maximum atomic E-state index is 13.0. The van der Waals surface area contributed by atoms with Gasteiger partial charge in [0.15, 0.2) is 5.76 Å². The molecule has 0 aliphatic carbocycles. The van der Waals surface area contributed by atoms with Gasteiger partial charge in [0.25, 0.3) is 5.91 Å². The largest absolute Gasteiger partial charge is 0.360 e. The van der Waals surface area contributed by atoms with Crippen molar-refractivity contribution in [1.29, 1.82) is 0 Å². The molecule has 34 heavy (non-hydrogen) atoms. The van der Waals surface area contributed by atoms with E-state index in [4.69, 9.17) is 4.52 Å². The van der Waals surface area contributed by atoms with Gasteiger partial charge >= 0.3 is 0 Å². The summed E-state index contributed by atoms with van der Waals surface area (Å²) in [6.45, 7) is 8.06. The van der Waals surface area contributed by atoms with Crippen LogP contribution in [0.25, 0.3) is 0 Å². The molecule has 2 amide bonds. The number of hydrogen-bond acceptors (Lipinski definition) is 6. The maximum absolute atomic E-state index is 13.0. The first-order chi connectivity index (χ1) is 16.2. The highest BCUT2D eigenvalue weighted by atomic mass is 32.2. The Balaban J connectivity index is 1.26. The number of aromatic nitrogens is 1. The highest BCUT2D eigenvalue weighted by Crippen LogP contribution is 2.29. The third-order valence-corrected chi connectivity index (χ3v) is 8.96. The average Bonchev–Trinajstić information content (AvgIpc) is 3.18. The van der Waals surface area contributed by atoms with Crippen molar-refractivity contribution < 1.29 is 22.5 Å². The average molecular weight is 489 g/mol. The van der Waals surface area contributed by atoms with E-state index in [0.717, 1.165) is 5.56 Å². The van der Waals surface area contributed by atoms with Gasteiger partial charge in [-0.25, -0.2) is 8.42 Å². The summed E-state index contributed by atoms with van der Waals surface area (Å²) >= 11 is 0. The van der Waals surface area contributed by atoms with Crippen molar-refractivity contribution in [2.75, 3.05) is 39.3 Å². The van der Waals surface area contributed by atoms with Crippen LogP contribution in [0, 0.1) is 26.7 Å². The molecular weight excluding hydrogens is 456 g/mol. The number of amides is 2. The minimum Gasteiger partial charge on any atom is -0.360 e. The zero-order valence-electron chi connectivity index (χ0n) is 20.0. The Labute approximate surface area is 200 Å². The Morgan fingerprint density at radius 3 is 2.09 bits per heavy atom. The molecule has 2 aliphatic rings. The molecule has 0 N–H and O–H groups in total. The van der Waals surface area contributed by atoms with Crippen LogP contribution in [0.4, 0.5) is 0 Å². The Hall–Kier alpha value is -2.72. The topological polar surface area (TPSA) is 104 Å². The van der Waals surface area contributed by atoms with Crippen molar-refractivity contribution in [1.82, 2.24) is 19.3 Å². The summed E-state index contributed by atoms with van der Waals surface area (Å²) < 4.78 is 32.5. The molecule has 9 nitrogen and oxygen atoms in total. The van der Waals surface area contributed by atoms with Crippen molar-refractivity contribution in [2.45, 2.75) is 44.9 Å². The molecule has 10 heteroatoms. The van der Waals surface area contributed by atoms with Crippen LogP contribution in [0.1, 0.15) is 46.6 Å². The lowest BCUT2D eigenvalue weighted by Crippen LogP contribution is -2.51. The van der Waals surface area contributed by atoms with E-state index in [0.29, 0.717) is 75.5 Å². The number of carbonyl (C=O) groups is 2. The normalized spacial score (nSPS) is 18.3. The Bertz CT molecular complexity index is 1120. The van der Waals surface area contributed by atoms with Crippen molar-refractivity contribution in [2.24, 2.45) is 5.92 Å². The van der Waals surface area contributed by atoms with Crippen LogP contribution in [0.15, 0.2) is 33.7 Å². The first-order valence-electron chi connectivity index (χ1n) is 11.7. The smallest absolute Gasteiger partial charge is 0.253 e. The predicted octanol–water partition coefficient (Wildman–Crippen LogP) is 2.38. The monoisotopic (exact) mass is 488 g/mol. The molecule has 0 radical (unpaired) electrons. The van der Waals surface area contributed by atoms with Gasteiger partial charge in [0, 0.05) is 51.3 Å². The Morgan fingerprint density at radius 2 is 1.53 bits per heavy atom. The second-order valence-electron chi connectivity index (χ2n) is 9.24. The Morgan fingerprint density at radius 1 is 0.941 bits per heavy atom. The lowest BCUT2D eigenvalue weighted by Gasteiger charge is -2.36. The fourth-order valence-corrected chi connectivity index (χ4v) is 6.50. The standard InChI is InChI=1S/C24H32N4O5S/c1-17-4-6-21(7-5-17)24(30)27-14-12-26(13-15-27)22(29)16-20-8-10-28(11-9-20)34(31,32)23-18(2)25-33-19(23)3/h4-7,20H,8-16H2,1-3H3. The summed E-state index contributed by atoms with van der Waals surface area (Å²) in [5.41, 5.74) is 2.15. The van der Waals surface area contributed by atoms with Gasteiger partial charge in [-0.2, -0.15) is 4.31 Å². The second-order valence-corrected chi connectivity index (χ2v) is 11.1. The van der Waals surface area contributed by atoms with E-state index in [-0.39, 0.29) is 22.6 Å². The highest BCUT2D eigenvalue weighted by Gasteiger charge is 2.35. The predicted molar refractivity (Wildman–Crippen MR) is 126 cm³/mol. The molecule has 0 atom stereocenters. The van der Waals surface area contributed by atoms with Gasteiger partial charge in [-0.15, -0.1) is 0 Å². The highest BCUT2D eigenvalue weighted by molar-refractivity contribution is 7.89. The van der Waals surface area contributed by atoms with Crippen LogP contribution in [-0.2, 0) is 14.8 Å². The number of benzene rings is 1. The molecule has 0 bridgehead atoms. The van der Waals surface area contributed by atoms with E-state index >= 15 is 0 Å². The zero-order valence-corrected chi connectivity index (χ0v) is 20.8. The molecule has 184 valence electrons. The van der Waals surface area contributed by atoms with E-state index in [9.17, 15) is 18.0 Å². The van der Waals surface area contributed by atoms with Crippen LogP contribution in [-0.4, -0.2) is 78.8 Å². The summed E-state index contributed by atoms with van der Waals surface area (Å²) in [6, 6.07) is 7.54. The maximum Gasteiger partial charge on any atom is 0.253 e. The first-order valence-corrected chi connectivity index (χ1v) is 13.2. The number of rotatable bonds is 5. The summed E-state index contributed by atoms with van der Waals surface area (Å²) in [5, 5.41) is 3.76. The number of nitrogens with zero attached hydrogens (tertiary/aromatic N) is 4. The third-order valence-electron chi connectivity index (χ3n) is 6.82. The molecule has 2 saturated heterocycles. The van der Waals surface area contributed by atoms with Gasteiger partial charge in [-0.05, 0) is 51.7 Å². The quantitative estimate of drug-likeness (QED) is 0.640. The lowest BCUT2D eigenvalue weighted by molar-refractivity contribution is -0.134. The molecule has 0 unspecified atom stereocenters. The zero-order chi connectivity index (χ0) is 24.5. The van der Waals surface area contributed by atoms with Gasteiger partial charge in [0.2, 0.25) is 15.9 Å². The van der Waals surface area contributed by atoms with Crippen LogP contribution in [0.3, 0.4) is 0 Å². The fraction of sp³-hybridized carbons (Fsp3) is 0.542. The molecule has 4 rings (SSSR count).